The van der Waals surface area contributed by atoms with Crippen LogP contribution in [0.4, 0.5) is 0 Å². The predicted molar refractivity (Wildman–Crippen MR) is 78.6 cm³/mol. The third-order valence-corrected chi connectivity index (χ3v) is 4.18. The number of hydrogen-bond donors (Lipinski definition) is 1. The molecule has 0 heterocycles. The van der Waals surface area contributed by atoms with Crippen molar-refractivity contribution in [2.24, 2.45) is 0 Å². The lowest BCUT2D eigenvalue weighted by Gasteiger charge is -2.29. The first-order valence-corrected chi connectivity index (χ1v) is 6.74. The van der Waals surface area contributed by atoms with Crippen molar-refractivity contribution in [1.29, 1.82) is 0 Å². The lowest BCUT2D eigenvalue weighted by molar-refractivity contribution is -0.142. The quantitative estimate of drug-likeness (QED) is 0.928. The molecule has 0 fully saturated rings. The van der Waals surface area contributed by atoms with Gasteiger partial charge in [-0.25, -0.2) is 0 Å². The van der Waals surface area contributed by atoms with Crippen LogP contribution in [0.2, 0.25) is 0 Å². The minimum Gasteiger partial charge on any atom is -0.480 e. The summed E-state index contributed by atoms with van der Waals surface area (Å²) < 4.78 is 0. The van der Waals surface area contributed by atoms with E-state index in [9.17, 15) is 9.90 Å². The number of carboxylic acid groups (broad SMARTS) is 1. The van der Waals surface area contributed by atoms with E-state index in [0.717, 1.165) is 0 Å². The SMILES string of the molecule is CC(C(=O)O)N(C)C1c2ccccc2-c2ccccc21. The van der Waals surface area contributed by atoms with Crippen molar-refractivity contribution in [3.05, 3.63) is 59.7 Å². The van der Waals surface area contributed by atoms with Crippen LogP contribution in [0, 0.1) is 0 Å². The Morgan fingerprint density at radius 1 is 1.05 bits per heavy atom. The molecule has 1 unspecified atom stereocenters. The van der Waals surface area contributed by atoms with Crippen LogP contribution < -0.4 is 0 Å². The second kappa shape index (κ2) is 4.76. The van der Waals surface area contributed by atoms with Crippen molar-refractivity contribution in [2.45, 2.75) is 19.0 Å². The number of likely N-dealkylation sites (N-methyl/N-ethyl adjacent to an activating group) is 1. The predicted octanol–water partition coefficient (Wildman–Crippen LogP) is 3.16. The zero-order valence-electron chi connectivity index (χ0n) is 11.6. The average molecular weight is 267 g/mol. The largest absolute Gasteiger partial charge is 0.480 e. The summed E-state index contributed by atoms with van der Waals surface area (Å²) in [5.41, 5.74) is 4.78. The van der Waals surface area contributed by atoms with Gasteiger partial charge >= 0.3 is 5.97 Å². The van der Waals surface area contributed by atoms with E-state index >= 15 is 0 Å². The number of aliphatic carboxylic acids is 1. The minimum absolute atomic E-state index is 0.00787. The molecule has 1 N–H and O–H groups in total. The van der Waals surface area contributed by atoms with Crippen molar-refractivity contribution in [3.63, 3.8) is 0 Å². The molecule has 0 aromatic heterocycles. The third kappa shape index (κ3) is 1.82. The molecule has 1 atom stereocenters. The van der Waals surface area contributed by atoms with Crippen LogP contribution in [-0.4, -0.2) is 29.1 Å². The highest BCUT2D eigenvalue weighted by atomic mass is 16.4. The Labute approximate surface area is 118 Å². The molecule has 0 bridgehead atoms. The molecule has 20 heavy (non-hydrogen) atoms. The maximum atomic E-state index is 11.3. The van der Waals surface area contributed by atoms with Crippen LogP contribution >= 0.6 is 0 Å². The molecule has 0 aliphatic heterocycles. The smallest absolute Gasteiger partial charge is 0.320 e. The normalized spacial score (nSPS) is 14.9. The third-order valence-electron chi connectivity index (χ3n) is 4.18. The molecule has 2 aromatic carbocycles. The zero-order valence-corrected chi connectivity index (χ0v) is 11.6. The summed E-state index contributed by atoms with van der Waals surface area (Å²) in [5.74, 6) is -0.797. The Balaban J connectivity index is 2.14. The number of benzene rings is 2. The van der Waals surface area contributed by atoms with Gasteiger partial charge in [0, 0.05) is 0 Å². The number of fused-ring (bicyclic) bond motifs is 3. The van der Waals surface area contributed by atoms with Gasteiger partial charge in [-0.1, -0.05) is 48.5 Å². The highest BCUT2D eigenvalue weighted by Gasteiger charge is 2.34. The summed E-state index contributed by atoms with van der Waals surface area (Å²) in [7, 11) is 1.88. The molecule has 0 amide bonds. The van der Waals surface area contributed by atoms with Gasteiger partial charge in [-0.05, 0) is 36.2 Å². The Morgan fingerprint density at radius 3 is 1.95 bits per heavy atom. The fourth-order valence-corrected chi connectivity index (χ4v) is 2.97. The first-order chi connectivity index (χ1) is 9.61. The molecule has 0 spiro atoms. The molecule has 102 valence electrons. The maximum absolute atomic E-state index is 11.3. The van der Waals surface area contributed by atoms with Crippen LogP contribution in [0.25, 0.3) is 11.1 Å². The second-order valence-corrected chi connectivity index (χ2v) is 5.26. The molecule has 1 aliphatic carbocycles. The van der Waals surface area contributed by atoms with Gasteiger partial charge in [0.2, 0.25) is 0 Å². The molecule has 3 rings (SSSR count). The molecule has 0 radical (unpaired) electrons. The summed E-state index contributed by atoms with van der Waals surface area (Å²) >= 11 is 0. The standard InChI is InChI=1S/C17H17NO2/c1-11(17(19)20)18(2)16-14-9-5-3-7-12(14)13-8-4-6-10-15(13)16/h3-11,16H,1-2H3,(H,19,20). The lowest BCUT2D eigenvalue weighted by Crippen LogP contribution is -2.38. The van der Waals surface area contributed by atoms with Gasteiger partial charge in [0.1, 0.15) is 6.04 Å². The van der Waals surface area contributed by atoms with Gasteiger partial charge in [0.25, 0.3) is 0 Å². The van der Waals surface area contributed by atoms with Crippen molar-refractivity contribution in [1.82, 2.24) is 4.90 Å². The number of nitrogens with zero attached hydrogens (tertiary/aromatic N) is 1. The Morgan fingerprint density at radius 2 is 1.50 bits per heavy atom. The highest BCUT2D eigenvalue weighted by Crippen LogP contribution is 2.46. The van der Waals surface area contributed by atoms with E-state index in [1.807, 2.05) is 36.2 Å². The molecule has 1 aliphatic rings. The molecule has 3 heteroatoms. The number of hydrogen-bond acceptors (Lipinski definition) is 2. The lowest BCUT2D eigenvalue weighted by atomic mass is 10.0. The van der Waals surface area contributed by atoms with E-state index in [0.29, 0.717) is 0 Å². The van der Waals surface area contributed by atoms with Crippen molar-refractivity contribution in [3.8, 4) is 11.1 Å². The van der Waals surface area contributed by atoms with E-state index < -0.39 is 12.0 Å². The molecular weight excluding hydrogens is 250 g/mol. The monoisotopic (exact) mass is 267 g/mol. The van der Waals surface area contributed by atoms with Gasteiger partial charge in [0.15, 0.2) is 0 Å². The van der Waals surface area contributed by atoms with Gasteiger partial charge in [0.05, 0.1) is 6.04 Å². The molecule has 2 aromatic rings. The Bertz CT molecular complexity index is 620. The van der Waals surface area contributed by atoms with E-state index in [1.54, 1.807) is 6.92 Å². The van der Waals surface area contributed by atoms with Crippen LogP contribution in [0.15, 0.2) is 48.5 Å². The van der Waals surface area contributed by atoms with E-state index in [-0.39, 0.29) is 6.04 Å². The van der Waals surface area contributed by atoms with Crippen LogP contribution in [0.5, 0.6) is 0 Å². The Kier molecular flexibility index (Phi) is 3.07. The van der Waals surface area contributed by atoms with E-state index in [1.165, 1.54) is 22.3 Å². The van der Waals surface area contributed by atoms with Gasteiger partial charge < -0.3 is 5.11 Å². The fourth-order valence-electron chi connectivity index (χ4n) is 2.97. The molecule has 3 nitrogen and oxygen atoms in total. The highest BCUT2D eigenvalue weighted by molar-refractivity contribution is 5.79. The van der Waals surface area contributed by atoms with E-state index in [4.69, 9.17) is 0 Å². The van der Waals surface area contributed by atoms with Crippen molar-refractivity contribution < 1.29 is 9.90 Å². The number of rotatable bonds is 3. The van der Waals surface area contributed by atoms with Crippen LogP contribution in [0.3, 0.4) is 0 Å². The molecular formula is C17H17NO2. The maximum Gasteiger partial charge on any atom is 0.320 e. The first-order valence-electron chi connectivity index (χ1n) is 6.74. The average Bonchev–Trinajstić information content (AvgIpc) is 2.80. The van der Waals surface area contributed by atoms with Gasteiger partial charge in [-0.2, -0.15) is 0 Å². The summed E-state index contributed by atoms with van der Waals surface area (Å²) in [4.78, 5) is 13.2. The minimum atomic E-state index is -0.797. The topological polar surface area (TPSA) is 40.5 Å². The summed E-state index contributed by atoms with van der Waals surface area (Å²) in [6, 6.07) is 15.9. The van der Waals surface area contributed by atoms with Crippen molar-refractivity contribution in [2.75, 3.05) is 7.05 Å². The summed E-state index contributed by atoms with van der Waals surface area (Å²) in [6.07, 6.45) is 0. The molecule has 0 saturated carbocycles. The van der Waals surface area contributed by atoms with Gasteiger partial charge in [-0.15, -0.1) is 0 Å². The first kappa shape index (κ1) is 12.9. The van der Waals surface area contributed by atoms with Crippen LogP contribution in [0.1, 0.15) is 24.1 Å². The number of carbonyl (C=O) groups is 1. The van der Waals surface area contributed by atoms with Crippen molar-refractivity contribution >= 4 is 5.97 Å². The fraction of sp³-hybridized carbons (Fsp3) is 0.235. The summed E-state index contributed by atoms with van der Waals surface area (Å²) in [5, 5.41) is 9.27. The Hall–Kier alpha value is -2.13. The summed E-state index contributed by atoms with van der Waals surface area (Å²) in [6.45, 7) is 1.73. The zero-order chi connectivity index (χ0) is 14.3. The number of carboxylic acids is 1. The molecule has 0 saturated heterocycles. The van der Waals surface area contributed by atoms with E-state index in [2.05, 4.69) is 24.3 Å². The van der Waals surface area contributed by atoms with Gasteiger partial charge in [-0.3, -0.25) is 9.69 Å². The van der Waals surface area contributed by atoms with Crippen LogP contribution in [-0.2, 0) is 4.79 Å². The second-order valence-electron chi connectivity index (χ2n) is 5.26.